The van der Waals surface area contributed by atoms with E-state index in [9.17, 15) is 5.11 Å². The maximum Gasteiger partial charge on any atom is 0.0900 e. The fourth-order valence-corrected chi connectivity index (χ4v) is 2.92. The molecule has 1 aromatic carbocycles. The number of hydrogen-bond acceptors (Lipinski definition) is 4. The molecule has 22 heavy (non-hydrogen) atoms. The van der Waals surface area contributed by atoms with Gasteiger partial charge in [-0.2, -0.15) is 0 Å². The lowest BCUT2D eigenvalue weighted by Gasteiger charge is -2.37. The standard InChI is InChI=1S/C17H27ClN2O2/c1-13(2)22-12-16(21)11-19-6-8-20(9-7-19)17-10-15(18)5-4-14(17)3/h4-5,10,13,16,21H,6-9,11-12H2,1-3H3/t16-/m0/s1. The molecule has 1 fully saturated rings. The molecular weight excluding hydrogens is 300 g/mol. The first kappa shape index (κ1) is 17.5. The lowest BCUT2D eigenvalue weighted by Crippen LogP contribution is -2.49. The molecule has 1 aliphatic rings. The summed E-state index contributed by atoms with van der Waals surface area (Å²) in [6.07, 6.45) is -0.251. The Hall–Kier alpha value is -0.810. The highest BCUT2D eigenvalue weighted by atomic mass is 35.5. The number of piperazine rings is 1. The van der Waals surface area contributed by atoms with E-state index in [-0.39, 0.29) is 6.10 Å². The van der Waals surface area contributed by atoms with Crippen LogP contribution in [0.4, 0.5) is 5.69 Å². The van der Waals surface area contributed by atoms with Crippen LogP contribution >= 0.6 is 11.6 Å². The number of nitrogens with zero attached hydrogens (tertiary/aromatic N) is 2. The number of hydrogen-bond donors (Lipinski definition) is 1. The van der Waals surface area contributed by atoms with Crippen molar-refractivity contribution in [2.24, 2.45) is 0 Å². The number of anilines is 1. The van der Waals surface area contributed by atoms with E-state index in [2.05, 4.69) is 22.8 Å². The highest BCUT2D eigenvalue weighted by molar-refractivity contribution is 6.30. The zero-order valence-electron chi connectivity index (χ0n) is 13.8. The van der Waals surface area contributed by atoms with Crippen molar-refractivity contribution in [1.29, 1.82) is 0 Å². The van der Waals surface area contributed by atoms with Crippen LogP contribution in [0.15, 0.2) is 18.2 Å². The number of aliphatic hydroxyl groups excluding tert-OH is 1. The zero-order chi connectivity index (χ0) is 16.1. The molecule has 0 radical (unpaired) electrons. The Morgan fingerprint density at radius 2 is 1.91 bits per heavy atom. The number of benzene rings is 1. The molecule has 0 amide bonds. The van der Waals surface area contributed by atoms with Gasteiger partial charge in [-0.25, -0.2) is 0 Å². The van der Waals surface area contributed by atoms with Crippen LogP contribution in [0.25, 0.3) is 0 Å². The van der Waals surface area contributed by atoms with E-state index >= 15 is 0 Å². The second-order valence-electron chi connectivity index (χ2n) is 6.25. The van der Waals surface area contributed by atoms with Gasteiger partial charge in [0.05, 0.1) is 18.8 Å². The van der Waals surface area contributed by atoms with E-state index in [4.69, 9.17) is 16.3 Å². The van der Waals surface area contributed by atoms with Crippen LogP contribution in [0, 0.1) is 6.92 Å². The largest absolute Gasteiger partial charge is 0.389 e. The number of halogens is 1. The van der Waals surface area contributed by atoms with Crippen LogP contribution in [0.2, 0.25) is 5.02 Å². The molecule has 0 saturated carbocycles. The number of β-amino-alcohol motifs (C(OH)–C–C–N with tert-alkyl or cyclic N) is 1. The third-order valence-corrected chi connectivity index (χ3v) is 4.21. The molecular formula is C17H27ClN2O2. The second kappa shape index (κ2) is 8.16. The predicted molar refractivity (Wildman–Crippen MR) is 91.9 cm³/mol. The Morgan fingerprint density at radius 1 is 1.23 bits per heavy atom. The van der Waals surface area contributed by atoms with E-state index in [0.717, 1.165) is 31.2 Å². The average molecular weight is 327 g/mol. The van der Waals surface area contributed by atoms with Crippen molar-refractivity contribution in [2.45, 2.75) is 33.0 Å². The minimum atomic E-state index is -0.415. The van der Waals surface area contributed by atoms with E-state index in [1.165, 1.54) is 11.3 Å². The van der Waals surface area contributed by atoms with Crippen LogP contribution < -0.4 is 4.90 Å². The highest BCUT2D eigenvalue weighted by Crippen LogP contribution is 2.25. The Bertz CT molecular complexity index is 474. The van der Waals surface area contributed by atoms with Crippen LogP contribution in [-0.4, -0.2) is 61.5 Å². The van der Waals surface area contributed by atoms with Crippen molar-refractivity contribution in [1.82, 2.24) is 4.90 Å². The molecule has 1 aliphatic heterocycles. The third-order valence-electron chi connectivity index (χ3n) is 3.98. The van der Waals surface area contributed by atoms with Gasteiger partial charge in [-0.15, -0.1) is 0 Å². The molecule has 1 atom stereocenters. The van der Waals surface area contributed by atoms with Crippen molar-refractivity contribution >= 4 is 17.3 Å². The lowest BCUT2D eigenvalue weighted by molar-refractivity contribution is -0.00899. The summed E-state index contributed by atoms with van der Waals surface area (Å²) in [5.74, 6) is 0. The monoisotopic (exact) mass is 326 g/mol. The summed E-state index contributed by atoms with van der Waals surface area (Å²) >= 11 is 6.11. The Morgan fingerprint density at radius 3 is 2.55 bits per heavy atom. The van der Waals surface area contributed by atoms with Crippen molar-refractivity contribution in [3.05, 3.63) is 28.8 Å². The van der Waals surface area contributed by atoms with Crippen LogP contribution in [0.3, 0.4) is 0 Å². The van der Waals surface area contributed by atoms with Gasteiger partial charge >= 0.3 is 0 Å². The summed E-state index contributed by atoms with van der Waals surface area (Å²) in [4.78, 5) is 4.67. The fourth-order valence-electron chi connectivity index (χ4n) is 2.75. The lowest BCUT2D eigenvalue weighted by atomic mass is 10.1. The minimum Gasteiger partial charge on any atom is -0.389 e. The maximum atomic E-state index is 10.0. The summed E-state index contributed by atoms with van der Waals surface area (Å²) in [7, 11) is 0. The summed E-state index contributed by atoms with van der Waals surface area (Å²) in [6, 6.07) is 6.04. The van der Waals surface area contributed by atoms with Crippen molar-refractivity contribution in [2.75, 3.05) is 44.2 Å². The van der Waals surface area contributed by atoms with Gasteiger partial charge in [0.1, 0.15) is 0 Å². The SMILES string of the molecule is Cc1ccc(Cl)cc1N1CCN(C[C@H](O)COC(C)C)CC1. The van der Waals surface area contributed by atoms with E-state index in [1.54, 1.807) is 0 Å². The molecule has 0 aromatic heterocycles. The van der Waals surface area contributed by atoms with Crippen LogP contribution in [-0.2, 0) is 4.74 Å². The number of aliphatic hydroxyl groups is 1. The minimum absolute atomic E-state index is 0.164. The Kier molecular flexibility index (Phi) is 6.50. The van der Waals surface area contributed by atoms with Gasteiger partial charge in [-0.05, 0) is 38.5 Å². The first-order valence-electron chi connectivity index (χ1n) is 7.99. The molecule has 5 heteroatoms. The second-order valence-corrected chi connectivity index (χ2v) is 6.69. The molecule has 1 N–H and O–H groups in total. The smallest absolute Gasteiger partial charge is 0.0900 e. The van der Waals surface area contributed by atoms with Gasteiger partial charge in [0.15, 0.2) is 0 Å². The molecule has 1 heterocycles. The predicted octanol–water partition coefficient (Wildman–Crippen LogP) is 2.56. The Balaban J connectivity index is 1.81. The van der Waals surface area contributed by atoms with Crippen molar-refractivity contribution in [3.63, 3.8) is 0 Å². The summed E-state index contributed by atoms with van der Waals surface area (Å²) in [5.41, 5.74) is 2.47. The molecule has 0 aliphatic carbocycles. The molecule has 124 valence electrons. The van der Waals surface area contributed by atoms with Gasteiger partial charge in [-0.1, -0.05) is 17.7 Å². The van der Waals surface area contributed by atoms with Crippen molar-refractivity contribution < 1.29 is 9.84 Å². The van der Waals surface area contributed by atoms with Gasteiger partial charge in [0.25, 0.3) is 0 Å². The summed E-state index contributed by atoms with van der Waals surface area (Å²) in [6.45, 7) is 11.0. The average Bonchev–Trinajstić information content (AvgIpc) is 2.48. The van der Waals surface area contributed by atoms with Crippen LogP contribution in [0.1, 0.15) is 19.4 Å². The van der Waals surface area contributed by atoms with Crippen molar-refractivity contribution in [3.8, 4) is 0 Å². The topological polar surface area (TPSA) is 35.9 Å². The van der Waals surface area contributed by atoms with Gasteiger partial charge in [0, 0.05) is 43.4 Å². The third kappa shape index (κ3) is 5.13. The van der Waals surface area contributed by atoms with Crippen LogP contribution in [0.5, 0.6) is 0 Å². The molecule has 0 bridgehead atoms. The zero-order valence-corrected chi connectivity index (χ0v) is 14.5. The van der Waals surface area contributed by atoms with Gasteiger partial charge in [-0.3, -0.25) is 4.90 Å². The molecule has 4 nitrogen and oxygen atoms in total. The summed E-state index contributed by atoms with van der Waals surface area (Å²) < 4.78 is 5.46. The fraction of sp³-hybridized carbons (Fsp3) is 0.647. The molecule has 1 saturated heterocycles. The number of ether oxygens (including phenoxy) is 1. The molecule has 1 aromatic rings. The molecule has 0 spiro atoms. The van der Waals surface area contributed by atoms with Gasteiger partial charge in [0.2, 0.25) is 0 Å². The molecule has 0 unspecified atom stereocenters. The number of aryl methyl sites for hydroxylation is 1. The summed E-state index contributed by atoms with van der Waals surface area (Å²) in [5, 5.41) is 10.8. The number of rotatable bonds is 6. The highest BCUT2D eigenvalue weighted by Gasteiger charge is 2.20. The van der Waals surface area contributed by atoms with E-state index in [1.807, 2.05) is 26.0 Å². The Labute approximate surface area is 138 Å². The van der Waals surface area contributed by atoms with E-state index in [0.29, 0.717) is 13.2 Å². The quantitative estimate of drug-likeness (QED) is 0.871. The molecule has 2 rings (SSSR count). The van der Waals surface area contributed by atoms with Gasteiger partial charge < -0.3 is 14.7 Å². The maximum absolute atomic E-state index is 10.0. The normalized spacial score (nSPS) is 18.0. The van der Waals surface area contributed by atoms with E-state index < -0.39 is 6.10 Å². The first-order valence-corrected chi connectivity index (χ1v) is 8.36. The first-order chi connectivity index (χ1) is 10.5.